The van der Waals surface area contributed by atoms with Crippen LogP contribution in [0.25, 0.3) is 0 Å². The Labute approximate surface area is 289 Å². The smallest absolute Gasteiger partial charge is 0.264 e. The second kappa shape index (κ2) is 16.5. The topological polar surface area (TPSA) is 105 Å². The Kier molecular flexibility index (Phi) is 12.0. The molecule has 5 rings (SSSR count). The quantitative estimate of drug-likeness (QED) is 0.167. The molecular weight excluding hydrogens is 639 g/mol. The van der Waals surface area contributed by atoms with Crippen molar-refractivity contribution in [3.05, 3.63) is 120 Å². The Morgan fingerprint density at radius 3 is 2.02 bits per heavy atom. The molecule has 0 heterocycles. The monoisotopic (exact) mass is 683 g/mol. The fourth-order valence-corrected chi connectivity index (χ4v) is 7.65. The molecule has 1 unspecified atom stereocenters. The van der Waals surface area contributed by atoms with E-state index in [4.69, 9.17) is 9.47 Å². The lowest BCUT2D eigenvalue weighted by Crippen LogP contribution is -2.55. The van der Waals surface area contributed by atoms with Gasteiger partial charge in [-0.25, -0.2) is 8.42 Å². The molecule has 1 fully saturated rings. The summed E-state index contributed by atoms with van der Waals surface area (Å²) in [5, 5.41) is 3.24. The van der Waals surface area contributed by atoms with E-state index in [1.165, 1.54) is 37.3 Å². The van der Waals surface area contributed by atoms with Crippen molar-refractivity contribution in [2.45, 2.75) is 69.0 Å². The van der Waals surface area contributed by atoms with Crippen molar-refractivity contribution in [1.29, 1.82) is 0 Å². The molecule has 0 aliphatic heterocycles. The van der Waals surface area contributed by atoms with Gasteiger partial charge in [0.15, 0.2) is 11.5 Å². The minimum Gasteiger partial charge on any atom is -0.493 e. The van der Waals surface area contributed by atoms with Gasteiger partial charge in [-0.15, -0.1) is 0 Å². The van der Waals surface area contributed by atoms with Crippen molar-refractivity contribution in [1.82, 2.24) is 10.2 Å². The third kappa shape index (κ3) is 9.00. The van der Waals surface area contributed by atoms with Gasteiger partial charge in [0.25, 0.3) is 10.0 Å². The molecule has 4 aromatic carbocycles. The van der Waals surface area contributed by atoms with Gasteiger partial charge in [0, 0.05) is 25.1 Å². The highest BCUT2D eigenvalue weighted by Crippen LogP contribution is 2.32. The number of carbonyl (C=O) groups excluding carboxylic acids is 2. The van der Waals surface area contributed by atoms with Crippen LogP contribution in [0.3, 0.4) is 0 Å². The number of hydrogen-bond acceptors (Lipinski definition) is 6. The number of aryl methyl sites for hydroxylation is 1. The Hall–Kier alpha value is -4.83. The Balaban J connectivity index is 1.56. The number of methoxy groups -OCH3 is 2. The maximum atomic E-state index is 14.7. The molecule has 49 heavy (non-hydrogen) atoms. The maximum absolute atomic E-state index is 14.7. The van der Waals surface area contributed by atoms with Gasteiger partial charge in [-0.1, -0.05) is 97.6 Å². The van der Waals surface area contributed by atoms with Crippen LogP contribution in [0.4, 0.5) is 5.69 Å². The molecule has 1 aliphatic rings. The minimum absolute atomic E-state index is 0.0303. The number of ether oxygens (including phenoxy) is 2. The lowest BCUT2D eigenvalue weighted by molar-refractivity contribution is -0.140. The molecule has 258 valence electrons. The number of amides is 2. The zero-order chi connectivity index (χ0) is 34.8. The lowest BCUT2D eigenvalue weighted by atomic mass is 9.94. The summed E-state index contributed by atoms with van der Waals surface area (Å²) in [5.74, 6) is -0.133. The molecule has 0 saturated heterocycles. The lowest BCUT2D eigenvalue weighted by Gasteiger charge is -2.35. The summed E-state index contributed by atoms with van der Waals surface area (Å²) in [4.78, 5) is 30.4. The highest BCUT2D eigenvalue weighted by atomic mass is 32.2. The number of nitrogens with one attached hydrogen (secondary N) is 1. The zero-order valence-corrected chi connectivity index (χ0v) is 29.2. The first-order chi connectivity index (χ1) is 23.7. The molecule has 0 radical (unpaired) electrons. The number of sulfonamides is 1. The fourth-order valence-electron chi connectivity index (χ4n) is 6.22. The van der Waals surface area contributed by atoms with Crippen molar-refractivity contribution in [2.75, 3.05) is 25.1 Å². The molecule has 0 aromatic heterocycles. The summed E-state index contributed by atoms with van der Waals surface area (Å²) >= 11 is 0. The van der Waals surface area contributed by atoms with Crippen LogP contribution in [-0.2, 0) is 32.6 Å². The Morgan fingerprint density at radius 1 is 0.796 bits per heavy atom. The van der Waals surface area contributed by atoms with Crippen LogP contribution < -0.4 is 19.1 Å². The molecule has 0 spiro atoms. The summed E-state index contributed by atoms with van der Waals surface area (Å²) in [6, 6.07) is 29.5. The predicted octanol–water partition coefficient (Wildman–Crippen LogP) is 6.30. The van der Waals surface area contributed by atoms with Gasteiger partial charge >= 0.3 is 0 Å². The summed E-state index contributed by atoms with van der Waals surface area (Å²) in [5.41, 5.74) is 2.97. The Bertz CT molecular complexity index is 1790. The average molecular weight is 684 g/mol. The van der Waals surface area contributed by atoms with Crippen molar-refractivity contribution in [3.8, 4) is 11.5 Å². The number of benzene rings is 4. The van der Waals surface area contributed by atoms with Crippen LogP contribution in [-0.4, -0.2) is 58.0 Å². The molecule has 10 heteroatoms. The predicted molar refractivity (Wildman–Crippen MR) is 191 cm³/mol. The van der Waals surface area contributed by atoms with Gasteiger partial charge in [0.1, 0.15) is 12.6 Å². The van der Waals surface area contributed by atoms with E-state index in [2.05, 4.69) is 5.32 Å². The van der Waals surface area contributed by atoms with Gasteiger partial charge in [-0.3, -0.25) is 13.9 Å². The highest BCUT2D eigenvalue weighted by Gasteiger charge is 2.35. The van der Waals surface area contributed by atoms with E-state index in [1.54, 1.807) is 24.3 Å². The summed E-state index contributed by atoms with van der Waals surface area (Å²) in [7, 11) is -1.40. The third-order valence-corrected chi connectivity index (χ3v) is 10.7. The van der Waals surface area contributed by atoms with Crippen molar-refractivity contribution < 1.29 is 27.5 Å². The second-order valence-electron chi connectivity index (χ2n) is 12.4. The van der Waals surface area contributed by atoms with Gasteiger partial charge in [0.2, 0.25) is 11.8 Å². The number of hydrogen-bond donors (Lipinski definition) is 1. The molecular formula is C39H45N3O6S. The summed E-state index contributed by atoms with van der Waals surface area (Å²) in [6.45, 7) is 1.49. The first-order valence-corrected chi connectivity index (χ1v) is 18.1. The Morgan fingerprint density at radius 2 is 1.41 bits per heavy atom. The van der Waals surface area contributed by atoms with E-state index in [-0.39, 0.29) is 35.6 Å². The van der Waals surface area contributed by atoms with E-state index in [1.807, 2.05) is 67.6 Å². The molecule has 0 bridgehead atoms. The molecule has 2 amide bonds. The molecule has 1 N–H and O–H groups in total. The van der Waals surface area contributed by atoms with E-state index in [0.29, 0.717) is 11.4 Å². The molecule has 1 aliphatic carbocycles. The van der Waals surface area contributed by atoms with E-state index >= 15 is 0 Å². The molecule has 4 aromatic rings. The average Bonchev–Trinajstić information content (AvgIpc) is 3.13. The normalized spacial score (nSPS) is 14.0. The van der Waals surface area contributed by atoms with Crippen molar-refractivity contribution in [2.24, 2.45) is 0 Å². The van der Waals surface area contributed by atoms with Crippen LogP contribution in [0.5, 0.6) is 11.5 Å². The van der Waals surface area contributed by atoms with Crippen molar-refractivity contribution in [3.63, 3.8) is 0 Å². The molecule has 1 saturated carbocycles. The third-order valence-electron chi connectivity index (χ3n) is 8.96. The second-order valence-corrected chi connectivity index (χ2v) is 14.3. The van der Waals surface area contributed by atoms with E-state index in [0.717, 1.165) is 53.1 Å². The van der Waals surface area contributed by atoms with Gasteiger partial charge in [0.05, 0.1) is 24.8 Å². The first-order valence-electron chi connectivity index (χ1n) is 16.7. The zero-order valence-electron chi connectivity index (χ0n) is 28.4. The fraction of sp³-hybridized carbons (Fsp3) is 0.333. The molecule has 9 nitrogen and oxygen atoms in total. The SMILES string of the molecule is COc1ccc(S(=O)(=O)N(CC(=O)N(Cc2ccccc2)C(Cc2ccccc2)C(=O)NC2CCCCC2)c2ccc(C)cc2)cc1OC. The minimum atomic E-state index is -4.30. The largest absolute Gasteiger partial charge is 0.493 e. The number of nitrogens with zero attached hydrogens (tertiary/aromatic N) is 2. The van der Waals surface area contributed by atoms with E-state index < -0.39 is 28.5 Å². The van der Waals surface area contributed by atoms with Crippen LogP contribution in [0.15, 0.2) is 108 Å². The van der Waals surface area contributed by atoms with Gasteiger partial charge in [-0.05, 0) is 55.2 Å². The van der Waals surface area contributed by atoms with Crippen LogP contribution >= 0.6 is 0 Å². The number of carbonyl (C=O) groups is 2. The van der Waals surface area contributed by atoms with Crippen LogP contribution in [0.1, 0.15) is 48.8 Å². The standard InChI is InChI=1S/C39H45N3O6S/c1-29-19-21-33(22-20-29)42(49(45,46)34-23-24-36(47-2)37(26-34)48-3)28-38(43)41(27-31-15-9-5-10-16-31)35(25-30-13-7-4-8-14-30)39(44)40-32-17-11-6-12-18-32/h4-5,7-10,13-16,19-24,26,32,35H,6,11-12,17-18,25,27-28H2,1-3H3,(H,40,44). The maximum Gasteiger partial charge on any atom is 0.264 e. The number of anilines is 1. The van der Waals surface area contributed by atoms with Gasteiger partial charge in [-0.2, -0.15) is 0 Å². The summed E-state index contributed by atoms with van der Waals surface area (Å²) < 4.78 is 40.7. The highest BCUT2D eigenvalue weighted by molar-refractivity contribution is 7.92. The first kappa shape index (κ1) is 35.5. The number of rotatable bonds is 14. The van der Waals surface area contributed by atoms with Crippen molar-refractivity contribution >= 4 is 27.5 Å². The molecule has 1 atom stereocenters. The van der Waals surface area contributed by atoms with Crippen LogP contribution in [0, 0.1) is 6.92 Å². The van der Waals surface area contributed by atoms with Gasteiger partial charge < -0.3 is 19.7 Å². The van der Waals surface area contributed by atoms with E-state index in [9.17, 15) is 18.0 Å². The summed E-state index contributed by atoms with van der Waals surface area (Å²) in [6.07, 6.45) is 5.27. The van der Waals surface area contributed by atoms with Crippen LogP contribution in [0.2, 0.25) is 0 Å².